The molecule has 9 nitrogen and oxygen atoms in total. The molecule has 0 aliphatic carbocycles. The highest BCUT2D eigenvalue weighted by atomic mass is 16.5. The highest BCUT2D eigenvalue weighted by Crippen LogP contribution is 2.41. The summed E-state index contributed by atoms with van der Waals surface area (Å²) in [6.07, 6.45) is 6.84. The molecule has 9 saturated heterocycles. The van der Waals surface area contributed by atoms with Crippen LogP contribution in [0.4, 0.5) is 0 Å². The first kappa shape index (κ1) is 21.9. The molecule has 9 heteroatoms. The molecule has 9 rings (SSSR count). The molecule has 6 bridgehead atoms. The first-order chi connectivity index (χ1) is 16.2. The fourth-order valence-corrected chi connectivity index (χ4v) is 8.82. The summed E-state index contributed by atoms with van der Waals surface area (Å²) in [6, 6.07) is 3.94. The summed E-state index contributed by atoms with van der Waals surface area (Å²) in [5.74, 6) is 0. The second kappa shape index (κ2) is 8.35. The molecule has 0 aromatic rings. The Bertz CT molecular complexity index is 608. The van der Waals surface area contributed by atoms with E-state index in [9.17, 15) is 0 Å². The molecule has 0 unspecified atom stereocenters. The molecule has 0 radical (unpaired) electrons. The van der Waals surface area contributed by atoms with Crippen LogP contribution in [-0.4, -0.2) is 148 Å². The maximum Gasteiger partial charge on any atom is 0.0875 e. The molecule has 0 aromatic heterocycles. The van der Waals surface area contributed by atoms with Crippen molar-refractivity contribution in [1.29, 1.82) is 0 Å². The number of rotatable bonds is 3. The van der Waals surface area contributed by atoms with Crippen LogP contribution in [0.5, 0.6) is 0 Å². The normalized spacial score (nSPS) is 54.3. The highest BCUT2D eigenvalue weighted by Gasteiger charge is 2.58. The van der Waals surface area contributed by atoms with Crippen LogP contribution in [0.3, 0.4) is 0 Å². The van der Waals surface area contributed by atoms with Gasteiger partial charge >= 0.3 is 0 Å². The van der Waals surface area contributed by atoms with Gasteiger partial charge in [-0.25, -0.2) is 0 Å². The number of hydrogen-bond acceptors (Lipinski definition) is 9. The predicted octanol–water partition coefficient (Wildman–Crippen LogP) is -1.71. The smallest absolute Gasteiger partial charge is 0.0875 e. The van der Waals surface area contributed by atoms with Crippen LogP contribution in [0.25, 0.3) is 0 Å². The van der Waals surface area contributed by atoms with Crippen molar-refractivity contribution < 1.29 is 14.2 Å². The van der Waals surface area contributed by atoms with Gasteiger partial charge < -0.3 is 30.2 Å². The van der Waals surface area contributed by atoms with Crippen molar-refractivity contribution in [3.8, 4) is 0 Å². The highest BCUT2D eigenvalue weighted by molar-refractivity contribution is 5.13. The second-order valence-corrected chi connectivity index (χ2v) is 11.4. The average Bonchev–Trinajstić information content (AvgIpc) is 3.66. The Balaban J connectivity index is 0.0000000864. The van der Waals surface area contributed by atoms with E-state index in [0.717, 1.165) is 19.6 Å². The van der Waals surface area contributed by atoms with Crippen molar-refractivity contribution >= 4 is 0 Å². The topological polar surface area (TPSA) is 73.5 Å². The van der Waals surface area contributed by atoms with Crippen molar-refractivity contribution in [3.05, 3.63) is 0 Å². The van der Waals surface area contributed by atoms with Gasteiger partial charge in [-0.15, -0.1) is 0 Å². The first-order valence-electron chi connectivity index (χ1n) is 13.4. The molecule has 0 spiro atoms. The van der Waals surface area contributed by atoms with Crippen LogP contribution < -0.4 is 16.0 Å². The van der Waals surface area contributed by atoms with Crippen molar-refractivity contribution in [1.82, 2.24) is 30.7 Å². The van der Waals surface area contributed by atoms with E-state index >= 15 is 0 Å². The van der Waals surface area contributed by atoms with Crippen molar-refractivity contribution in [3.63, 3.8) is 0 Å². The maximum atomic E-state index is 5.85. The lowest BCUT2D eigenvalue weighted by Gasteiger charge is -2.21. The lowest BCUT2D eigenvalue weighted by atomic mass is 10.1. The van der Waals surface area contributed by atoms with Gasteiger partial charge in [-0.3, -0.25) is 14.7 Å². The molecule has 9 fully saturated rings. The summed E-state index contributed by atoms with van der Waals surface area (Å²) in [6.45, 7) is 7.24. The van der Waals surface area contributed by atoms with Crippen LogP contribution in [-0.2, 0) is 14.2 Å². The Morgan fingerprint density at radius 3 is 1.00 bits per heavy atom. The largest absolute Gasteiger partial charge is 0.370 e. The minimum absolute atomic E-state index is 0.484. The van der Waals surface area contributed by atoms with E-state index in [0.29, 0.717) is 72.9 Å². The number of likely N-dealkylation sites (N-methyl/N-ethyl adjacent to an activating group) is 3. The molecular formula is C24H42N6O3. The van der Waals surface area contributed by atoms with E-state index in [1.807, 2.05) is 21.1 Å². The van der Waals surface area contributed by atoms with Gasteiger partial charge in [0.05, 0.1) is 72.9 Å². The van der Waals surface area contributed by atoms with Gasteiger partial charge in [0.15, 0.2) is 0 Å². The van der Waals surface area contributed by atoms with Gasteiger partial charge in [0, 0.05) is 39.3 Å². The number of hydrogen-bond donors (Lipinski definition) is 3. The Labute approximate surface area is 197 Å². The van der Waals surface area contributed by atoms with Crippen molar-refractivity contribution in [2.75, 3.05) is 60.4 Å². The van der Waals surface area contributed by atoms with Crippen LogP contribution in [0.15, 0.2) is 0 Å². The number of nitrogens with zero attached hydrogens (tertiary/aromatic N) is 3. The maximum absolute atomic E-state index is 5.85. The lowest BCUT2D eigenvalue weighted by Crippen LogP contribution is -2.40. The zero-order chi connectivity index (χ0) is 22.3. The van der Waals surface area contributed by atoms with Gasteiger partial charge in [0.1, 0.15) is 0 Å². The summed E-state index contributed by atoms with van der Waals surface area (Å²) in [7, 11) is 6.14. The van der Waals surface area contributed by atoms with Crippen molar-refractivity contribution in [2.45, 2.75) is 92.1 Å². The quantitative estimate of drug-likeness (QED) is 0.455. The Morgan fingerprint density at radius 2 is 0.788 bits per heavy atom. The van der Waals surface area contributed by atoms with Crippen molar-refractivity contribution in [2.24, 2.45) is 0 Å². The van der Waals surface area contributed by atoms with E-state index in [4.69, 9.17) is 14.2 Å². The zero-order valence-corrected chi connectivity index (χ0v) is 20.4. The second-order valence-electron chi connectivity index (χ2n) is 11.4. The van der Waals surface area contributed by atoms with Crippen LogP contribution in [0.1, 0.15) is 19.3 Å². The van der Waals surface area contributed by atoms with Gasteiger partial charge in [-0.2, -0.15) is 0 Å². The van der Waals surface area contributed by atoms with E-state index in [1.165, 1.54) is 38.9 Å². The molecule has 9 heterocycles. The van der Waals surface area contributed by atoms with Crippen LogP contribution >= 0.6 is 0 Å². The van der Waals surface area contributed by atoms with Gasteiger partial charge in [-0.05, 0) is 40.4 Å². The van der Waals surface area contributed by atoms with Crippen LogP contribution in [0, 0.1) is 0 Å². The third-order valence-corrected chi connectivity index (χ3v) is 10.1. The summed E-state index contributed by atoms with van der Waals surface area (Å²) >= 11 is 0. The number of nitrogens with one attached hydrogen (secondary N) is 3. The molecule has 9 aliphatic heterocycles. The Morgan fingerprint density at radius 1 is 0.485 bits per heavy atom. The molecule has 9 aliphatic rings. The monoisotopic (exact) mass is 462 g/mol. The number of morpholine rings is 3. The summed E-state index contributed by atoms with van der Waals surface area (Å²) in [5, 5.41) is 10.1. The van der Waals surface area contributed by atoms with Crippen LogP contribution in [0.2, 0.25) is 0 Å². The molecule has 0 aromatic carbocycles. The molecule has 0 amide bonds. The van der Waals surface area contributed by atoms with Gasteiger partial charge in [0.25, 0.3) is 0 Å². The third-order valence-electron chi connectivity index (χ3n) is 10.1. The average molecular weight is 463 g/mol. The third kappa shape index (κ3) is 3.24. The van der Waals surface area contributed by atoms with E-state index in [1.54, 1.807) is 0 Å². The van der Waals surface area contributed by atoms with Gasteiger partial charge in [-0.1, -0.05) is 0 Å². The fraction of sp³-hybridized carbons (Fsp3) is 1.00. The van der Waals surface area contributed by atoms with E-state index < -0.39 is 0 Å². The zero-order valence-electron chi connectivity index (χ0n) is 20.4. The van der Waals surface area contributed by atoms with E-state index in [2.05, 4.69) is 30.7 Å². The molecule has 186 valence electrons. The molecular weight excluding hydrogens is 420 g/mol. The Hall–Kier alpha value is -0.360. The lowest BCUT2D eigenvalue weighted by molar-refractivity contribution is 0.00821. The van der Waals surface area contributed by atoms with E-state index in [-0.39, 0.29) is 0 Å². The fourth-order valence-electron chi connectivity index (χ4n) is 8.82. The SMILES string of the molecule is CN[C@@H]1[C@H]2[C@@H]3CCN2C[C@H]1O3.CN[C@@H]1[C@H]2[C@@H]3CCN2C[C@H]1O3.CN[C@@H]1[C@H]2[C@@H]3CCN2C[C@H]1O3. The minimum atomic E-state index is 0.484. The number of fused-ring (bicyclic) bond motifs is 3. The summed E-state index contributed by atoms with van der Waals surface area (Å²) in [5.41, 5.74) is 0. The van der Waals surface area contributed by atoms with Gasteiger partial charge in [0.2, 0.25) is 0 Å². The standard InChI is InChI=1S/3C8H14N2O/c3*1-9-7-6-4-10-3-2-5(11-6)8(7)10/h3*5-9H,2-4H2,1H3/t3*5-,6+,7-,8+/m000/s1. The minimum Gasteiger partial charge on any atom is -0.370 e. The summed E-state index contributed by atoms with van der Waals surface area (Å²) < 4.78 is 17.6. The molecule has 33 heavy (non-hydrogen) atoms. The molecule has 12 atom stereocenters. The predicted molar refractivity (Wildman–Crippen MR) is 124 cm³/mol. The molecule has 3 N–H and O–H groups in total. The first-order valence-corrected chi connectivity index (χ1v) is 13.4. The molecule has 0 saturated carbocycles. The number of ether oxygens (including phenoxy) is 3. The Kier molecular flexibility index (Phi) is 5.54. The summed E-state index contributed by atoms with van der Waals surface area (Å²) in [4.78, 5) is 7.71.